The van der Waals surface area contributed by atoms with Gasteiger partial charge in [-0.05, 0) is 49.2 Å². The van der Waals surface area contributed by atoms with Crippen LogP contribution >= 0.6 is 11.6 Å². The third kappa shape index (κ3) is 4.91. The van der Waals surface area contributed by atoms with Crippen LogP contribution in [0.4, 0.5) is 13.2 Å². The first-order valence-electron chi connectivity index (χ1n) is 8.72. The first kappa shape index (κ1) is 21.6. The second-order valence-electron chi connectivity index (χ2n) is 6.55. The molecule has 1 fully saturated rings. The van der Waals surface area contributed by atoms with E-state index in [2.05, 4.69) is 0 Å². The molecule has 1 saturated heterocycles. The molecule has 0 radical (unpaired) electrons. The minimum absolute atomic E-state index is 0.0745. The lowest BCUT2D eigenvalue weighted by Gasteiger charge is -2.30. The molecule has 5 nitrogen and oxygen atoms in total. The highest BCUT2D eigenvalue weighted by atomic mass is 35.5. The van der Waals surface area contributed by atoms with Gasteiger partial charge in [0.2, 0.25) is 10.0 Å². The van der Waals surface area contributed by atoms with E-state index in [1.54, 1.807) is 12.1 Å². The van der Waals surface area contributed by atoms with Gasteiger partial charge >= 0.3 is 12.1 Å². The maximum atomic E-state index is 13.2. The van der Waals surface area contributed by atoms with Gasteiger partial charge in [0.1, 0.15) is 5.75 Å². The van der Waals surface area contributed by atoms with Gasteiger partial charge in [0.15, 0.2) is 0 Å². The number of benzene rings is 2. The van der Waals surface area contributed by atoms with Crippen molar-refractivity contribution < 1.29 is 31.1 Å². The Morgan fingerprint density at radius 2 is 1.62 bits per heavy atom. The zero-order valence-corrected chi connectivity index (χ0v) is 16.6. The summed E-state index contributed by atoms with van der Waals surface area (Å²) in [6.07, 6.45) is -4.48. The van der Waals surface area contributed by atoms with Gasteiger partial charge in [0.25, 0.3) is 0 Å². The van der Waals surface area contributed by atoms with Crippen LogP contribution in [-0.2, 0) is 21.0 Å². The number of sulfonamides is 1. The van der Waals surface area contributed by atoms with Crippen LogP contribution in [0.2, 0.25) is 5.02 Å². The standard InChI is InChI=1S/C19H17ClF3NO4S/c20-14-5-7-15(8-6-14)28-18(25)13-9-11-24(12-10-13)29(26,27)17-4-2-1-3-16(17)19(21,22)23/h1-8,13H,9-12H2. The Bertz CT molecular complexity index is 985. The molecule has 0 aliphatic carbocycles. The molecule has 156 valence electrons. The molecular weight excluding hydrogens is 431 g/mol. The first-order chi connectivity index (χ1) is 13.6. The van der Waals surface area contributed by atoms with E-state index in [9.17, 15) is 26.4 Å². The van der Waals surface area contributed by atoms with Crippen molar-refractivity contribution in [2.45, 2.75) is 23.9 Å². The third-order valence-corrected chi connectivity index (χ3v) is 6.84. The van der Waals surface area contributed by atoms with Gasteiger partial charge in [-0.1, -0.05) is 23.7 Å². The zero-order chi connectivity index (χ0) is 21.2. The molecule has 29 heavy (non-hydrogen) atoms. The van der Waals surface area contributed by atoms with Crippen LogP contribution in [0.25, 0.3) is 0 Å². The van der Waals surface area contributed by atoms with Gasteiger partial charge in [0, 0.05) is 18.1 Å². The maximum absolute atomic E-state index is 13.2. The summed E-state index contributed by atoms with van der Waals surface area (Å²) in [5.74, 6) is -0.747. The fraction of sp³-hybridized carbons (Fsp3) is 0.316. The summed E-state index contributed by atoms with van der Waals surface area (Å²) in [7, 11) is -4.34. The van der Waals surface area contributed by atoms with Crippen LogP contribution in [-0.4, -0.2) is 31.8 Å². The molecule has 0 bridgehead atoms. The van der Waals surface area contributed by atoms with Crippen molar-refractivity contribution >= 4 is 27.6 Å². The van der Waals surface area contributed by atoms with Gasteiger partial charge in [-0.25, -0.2) is 8.42 Å². The van der Waals surface area contributed by atoms with Gasteiger partial charge in [-0.3, -0.25) is 4.79 Å². The fourth-order valence-corrected chi connectivity index (χ4v) is 4.91. The summed E-state index contributed by atoms with van der Waals surface area (Å²) in [5, 5.41) is 0.488. The van der Waals surface area contributed by atoms with E-state index in [-0.39, 0.29) is 25.9 Å². The number of halogens is 4. The highest BCUT2D eigenvalue weighted by molar-refractivity contribution is 7.89. The summed E-state index contributed by atoms with van der Waals surface area (Å²) < 4.78 is 71.3. The average Bonchev–Trinajstić information content (AvgIpc) is 2.69. The van der Waals surface area contributed by atoms with Crippen LogP contribution in [0.3, 0.4) is 0 Å². The van der Waals surface area contributed by atoms with Gasteiger partial charge in [-0.15, -0.1) is 0 Å². The Hall–Kier alpha value is -2.10. The molecule has 3 rings (SSSR count). The number of carbonyl (C=O) groups is 1. The lowest BCUT2D eigenvalue weighted by Crippen LogP contribution is -2.41. The molecule has 0 N–H and O–H groups in total. The molecule has 0 amide bonds. The van der Waals surface area contributed by atoms with Crippen molar-refractivity contribution in [1.82, 2.24) is 4.31 Å². The number of nitrogens with zero attached hydrogens (tertiary/aromatic N) is 1. The topological polar surface area (TPSA) is 63.7 Å². The predicted octanol–water partition coefficient (Wildman–Crippen LogP) is 4.37. The minimum Gasteiger partial charge on any atom is -0.426 e. The minimum atomic E-state index is -4.79. The van der Waals surface area contributed by atoms with Crippen LogP contribution in [0.1, 0.15) is 18.4 Å². The van der Waals surface area contributed by atoms with Crippen molar-refractivity contribution in [3.05, 3.63) is 59.1 Å². The Morgan fingerprint density at radius 3 is 2.21 bits per heavy atom. The van der Waals surface area contributed by atoms with Crippen LogP contribution in [0.15, 0.2) is 53.4 Å². The molecule has 0 spiro atoms. The molecule has 1 aliphatic rings. The van der Waals surface area contributed by atoms with E-state index in [1.807, 2.05) is 0 Å². The van der Waals surface area contributed by atoms with E-state index in [0.717, 1.165) is 22.5 Å². The number of carbonyl (C=O) groups excluding carboxylic acids is 1. The zero-order valence-electron chi connectivity index (χ0n) is 15.0. The third-order valence-electron chi connectivity index (χ3n) is 4.63. The average molecular weight is 448 g/mol. The Balaban J connectivity index is 1.69. The smallest absolute Gasteiger partial charge is 0.417 e. The molecule has 1 aliphatic heterocycles. The lowest BCUT2D eigenvalue weighted by atomic mass is 9.98. The number of piperidine rings is 1. The van der Waals surface area contributed by atoms with Crippen LogP contribution < -0.4 is 4.74 Å². The summed E-state index contributed by atoms with van der Waals surface area (Å²) >= 11 is 5.77. The van der Waals surface area contributed by atoms with E-state index in [4.69, 9.17) is 16.3 Å². The fourth-order valence-electron chi connectivity index (χ4n) is 3.10. The molecular formula is C19H17ClF3NO4S. The molecule has 2 aromatic carbocycles. The molecule has 2 aromatic rings. The number of ether oxygens (including phenoxy) is 1. The number of esters is 1. The predicted molar refractivity (Wildman–Crippen MR) is 100 cm³/mol. The Kier molecular flexibility index (Phi) is 6.21. The first-order valence-corrected chi connectivity index (χ1v) is 10.5. The normalized spacial score (nSPS) is 16.6. The van der Waals surface area contributed by atoms with E-state index < -0.39 is 38.5 Å². The van der Waals surface area contributed by atoms with Crippen LogP contribution in [0.5, 0.6) is 5.75 Å². The highest BCUT2D eigenvalue weighted by Crippen LogP contribution is 2.36. The Labute approximate surface area is 171 Å². The summed E-state index contributed by atoms with van der Waals surface area (Å²) in [4.78, 5) is 11.5. The summed E-state index contributed by atoms with van der Waals surface area (Å²) in [6.45, 7) is -0.149. The largest absolute Gasteiger partial charge is 0.426 e. The van der Waals surface area contributed by atoms with Crippen molar-refractivity contribution in [1.29, 1.82) is 0 Å². The highest BCUT2D eigenvalue weighted by Gasteiger charge is 2.40. The SMILES string of the molecule is O=C(Oc1ccc(Cl)cc1)C1CCN(S(=O)(=O)c2ccccc2C(F)(F)F)CC1. The number of hydrogen-bond acceptors (Lipinski definition) is 4. The number of rotatable bonds is 4. The molecule has 0 saturated carbocycles. The van der Waals surface area contributed by atoms with Crippen molar-refractivity contribution in [2.24, 2.45) is 5.92 Å². The summed E-state index contributed by atoms with van der Waals surface area (Å²) in [6, 6.07) is 10.3. The van der Waals surface area contributed by atoms with Gasteiger partial charge < -0.3 is 4.74 Å². The molecule has 0 atom stereocenters. The lowest BCUT2D eigenvalue weighted by molar-refractivity contribution is -0.140. The van der Waals surface area contributed by atoms with Crippen molar-refractivity contribution in [3.63, 3.8) is 0 Å². The van der Waals surface area contributed by atoms with Gasteiger partial charge in [-0.2, -0.15) is 17.5 Å². The maximum Gasteiger partial charge on any atom is 0.417 e. The second kappa shape index (κ2) is 8.33. The van der Waals surface area contributed by atoms with Crippen LogP contribution in [0, 0.1) is 5.92 Å². The number of alkyl halides is 3. The Morgan fingerprint density at radius 1 is 1.03 bits per heavy atom. The quantitative estimate of drug-likeness (QED) is 0.516. The van der Waals surface area contributed by atoms with E-state index >= 15 is 0 Å². The molecule has 0 aromatic heterocycles. The number of hydrogen-bond donors (Lipinski definition) is 0. The van der Waals surface area contributed by atoms with E-state index in [1.165, 1.54) is 18.2 Å². The summed E-state index contributed by atoms with van der Waals surface area (Å²) in [5.41, 5.74) is -1.20. The molecule has 10 heteroatoms. The van der Waals surface area contributed by atoms with Gasteiger partial charge in [0.05, 0.1) is 16.4 Å². The van der Waals surface area contributed by atoms with E-state index in [0.29, 0.717) is 10.8 Å². The monoisotopic (exact) mass is 447 g/mol. The van der Waals surface area contributed by atoms with Crippen molar-refractivity contribution in [2.75, 3.05) is 13.1 Å². The molecule has 0 unspecified atom stereocenters. The van der Waals surface area contributed by atoms with Crippen molar-refractivity contribution in [3.8, 4) is 5.75 Å². The second-order valence-corrected chi connectivity index (χ2v) is 8.89. The molecule has 1 heterocycles.